The van der Waals surface area contributed by atoms with Crippen LogP contribution >= 0.6 is 15.9 Å². The first kappa shape index (κ1) is 18.1. The minimum atomic E-state index is -0.510. The molecule has 1 aromatic carbocycles. The summed E-state index contributed by atoms with van der Waals surface area (Å²) in [6.07, 6.45) is -0.286. The lowest BCUT2D eigenvalue weighted by atomic mass is 10.0. The first-order chi connectivity index (χ1) is 10.6. The van der Waals surface area contributed by atoms with Crippen molar-refractivity contribution in [3.05, 3.63) is 27.7 Å². The van der Waals surface area contributed by atoms with Crippen molar-refractivity contribution in [3.8, 4) is 5.75 Å². The number of fused-ring (bicyclic) bond motifs is 1. The molecule has 0 saturated heterocycles. The maximum atomic E-state index is 12.6. The fourth-order valence-corrected chi connectivity index (χ4v) is 3.40. The summed E-state index contributed by atoms with van der Waals surface area (Å²) in [5.74, 6) is 0.776. The maximum Gasteiger partial charge on any atom is 0.411 e. The molecule has 6 heteroatoms. The van der Waals surface area contributed by atoms with Crippen molar-refractivity contribution in [2.75, 3.05) is 27.7 Å². The van der Waals surface area contributed by atoms with Crippen LogP contribution in [0.3, 0.4) is 0 Å². The first-order valence-corrected chi connectivity index (χ1v) is 8.43. The molecule has 0 aromatic heterocycles. The molecule has 2 rings (SSSR count). The summed E-state index contributed by atoms with van der Waals surface area (Å²) in [7, 11) is 5.65. The zero-order valence-corrected chi connectivity index (χ0v) is 16.2. The van der Waals surface area contributed by atoms with Crippen LogP contribution in [0.15, 0.2) is 16.6 Å². The first-order valence-electron chi connectivity index (χ1n) is 7.63. The number of nitrogens with zero attached hydrogens (tertiary/aromatic N) is 2. The molecule has 0 fully saturated rings. The maximum absolute atomic E-state index is 12.6. The van der Waals surface area contributed by atoms with E-state index in [1.807, 2.05) is 47.0 Å². The number of benzene rings is 1. The SMILES string of the molecule is COc1ccc2c(c1Br)CN(C(=O)OC(C)(C)C)[C@H]2CN(C)C. The summed E-state index contributed by atoms with van der Waals surface area (Å²) in [5, 5.41) is 0. The monoisotopic (exact) mass is 384 g/mol. The van der Waals surface area contributed by atoms with Gasteiger partial charge in [0.15, 0.2) is 0 Å². The summed E-state index contributed by atoms with van der Waals surface area (Å²) in [4.78, 5) is 16.5. The van der Waals surface area contributed by atoms with Crippen LogP contribution < -0.4 is 4.74 Å². The largest absolute Gasteiger partial charge is 0.496 e. The number of hydrogen-bond acceptors (Lipinski definition) is 4. The van der Waals surface area contributed by atoms with E-state index in [4.69, 9.17) is 9.47 Å². The van der Waals surface area contributed by atoms with Gasteiger partial charge >= 0.3 is 6.09 Å². The predicted octanol–water partition coefficient (Wildman–Crippen LogP) is 3.81. The second-order valence-electron chi connectivity index (χ2n) is 7.04. The topological polar surface area (TPSA) is 42.0 Å². The average Bonchev–Trinajstić information content (AvgIpc) is 2.76. The van der Waals surface area contributed by atoms with Crippen molar-refractivity contribution in [1.29, 1.82) is 0 Å². The van der Waals surface area contributed by atoms with Crippen molar-refractivity contribution < 1.29 is 14.3 Å². The smallest absolute Gasteiger partial charge is 0.411 e. The molecule has 1 atom stereocenters. The summed E-state index contributed by atoms with van der Waals surface area (Å²) < 4.78 is 11.9. The Morgan fingerprint density at radius 1 is 1.39 bits per heavy atom. The van der Waals surface area contributed by atoms with Gasteiger partial charge in [0.05, 0.1) is 24.2 Å². The van der Waals surface area contributed by atoms with Crippen molar-refractivity contribution in [2.45, 2.75) is 39.0 Å². The van der Waals surface area contributed by atoms with Gasteiger partial charge in [-0.3, -0.25) is 4.90 Å². The number of carbonyl (C=O) groups is 1. The van der Waals surface area contributed by atoms with Crippen LogP contribution in [0.25, 0.3) is 0 Å². The van der Waals surface area contributed by atoms with E-state index in [1.165, 1.54) is 0 Å². The number of likely N-dealkylation sites (N-methyl/N-ethyl adjacent to an activating group) is 1. The third-order valence-electron chi connectivity index (χ3n) is 3.69. The Balaban J connectivity index is 2.37. The van der Waals surface area contributed by atoms with Crippen LogP contribution in [0.4, 0.5) is 4.79 Å². The number of methoxy groups -OCH3 is 1. The molecule has 0 bridgehead atoms. The number of amides is 1. The summed E-state index contributed by atoms with van der Waals surface area (Å²) in [6.45, 7) is 6.90. The highest BCUT2D eigenvalue weighted by Gasteiger charge is 2.37. The van der Waals surface area contributed by atoms with E-state index in [9.17, 15) is 4.79 Å². The van der Waals surface area contributed by atoms with Crippen molar-refractivity contribution in [1.82, 2.24) is 9.80 Å². The molecule has 0 saturated carbocycles. The molecule has 1 heterocycles. The van der Waals surface area contributed by atoms with Crippen LogP contribution in [0.1, 0.15) is 37.9 Å². The third-order valence-corrected chi connectivity index (χ3v) is 4.56. The molecule has 0 radical (unpaired) electrons. The highest BCUT2D eigenvalue weighted by molar-refractivity contribution is 9.10. The minimum absolute atomic E-state index is 0.0305. The van der Waals surface area contributed by atoms with Crippen molar-refractivity contribution in [2.24, 2.45) is 0 Å². The molecule has 23 heavy (non-hydrogen) atoms. The fraction of sp³-hybridized carbons (Fsp3) is 0.588. The van der Waals surface area contributed by atoms with E-state index in [0.29, 0.717) is 6.54 Å². The highest BCUT2D eigenvalue weighted by Crippen LogP contribution is 2.42. The Kier molecular flexibility index (Phi) is 5.26. The Morgan fingerprint density at radius 3 is 2.57 bits per heavy atom. The molecule has 0 unspecified atom stereocenters. The minimum Gasteiger partial charge on any atom is -0.496 e. The van der Waals surface area contributed by atoms with Crippen LogP contribution in [-0.2, 0) is 11.3 Å². The van der Waals surface area contributed by atoms with Gasteiger partial charge in [0.1, 0.15) is 11.4 Å². The highest BCUT2D eigenvalue weighted by atomic mass is 79.9. The number of carbonyl (C=O) groups excluding carboxylic acids is 1. The number of rotatable bonds is 3. The van der Waals surface area contributed by atoms with Gasteiger partial charge in [0, 0.05) is 6.54 Å². The Labute approximate surface area is 146 Å². The van der Waals surface area contributed by atoms with Gasteiger partial charge in [-0.15, -0.1) is 0 Å². The van der Waals surface area contributed by atoms with Gasteiger partial charge in [0.2, 0.25) is 0 Å². The van der Waals surface area contributed by atoms with Crippen LogP contribution in [-0.4, -0.2) is 49.2 Å². The van der Waals surface area contributed by atoms with Crippen molar-refractivity contribution >= 4 is 22.0 Å². The van der Waals surface area contributed by atoms with Gasteiger partial charge < -0.3 is 14.4 Å². The molecule has 1 amide bonds. The lowest BCUT2D eigenvalue weighted by molar-refractivity contribution is 0.0150. The lowest BCUT2D eigenvalue weighted by Crippen LogP contribution is -2.38. The van der Waals surface area contributed by atoms with E-state index in [0.717, 1.165) is 27.9 Å². The van der Waals surface area contributed by atoms with Gasteiger partial charge in [0.25, 0.3) is 0 Å². The molecule has 1 aliphatic heterocycles. The molecule has 1 aliphatic rings. The average molecular weight is 385 g/mol. The molecular weight excluding hydrogens is 360 g/mol. The second kappa shape index (κ2) is 6.69. The van der Waals surface area contributed by atoms with Gasteiger partial charge in [-0.1, -0.05) is 6.07 Å². The van der Waals surface area contributed by atoms with Gasteiger partial charge in [-0.25, -0.2) is 4.79 Å². The van der Waals surface area contributed by atoms with Crippen molar-refractivity contribution in [3.63, 3.8) is 0 Å². The molecule has 5 nitrogen and oxygen atoms in total. The fourth-order valence-electron chi connectivity index (χ4n) is 2.75. The van der Waals surface area contributed by atoms with E-state index in [1.54, 1.807) is 12.0 Å². The standard InChI is InChI=1S/C17H25BrN2O3/c1-17(2,3)23-16(21)20-9-12-11(13(20)10-19(4)5)7-8-14(22-6)15(12)18/h7-8,13H,9-10H2,1-6H3/t13-/m0/s1. The van der Waals surface area contributed by atoms with E-state index >= 15 is 0 Å². The second-order valence-corrected chi connectivity index (χ2v) is 7.83. The lowest BCUT2D eigenvalue weighted by Gasteiger charge is -2.30. The molecule has 0 N–H and O–H groups in total. The molecule has 0 aliphatic carbocycles. The number of halogens is 1. The van der Waals surface area contributed by atoms with Crippen LogP contribution in [0.2, 0.25) is 0 Å². The quantitative estimate of drug-likeness (QED) is 0.794. The number of ether oxygens (including phenoxy) is 2. The summed E-state index contributed by atoms with van der Waals surface area (Å²) in [6, 6.07) is 3.94. The summed E-state index contributed by atoms with van der Waals surface area (Å²) in [5.41, 5.74) is 1.71. The van der Waals surface area contributed by atoms with Gasteiger partial charge in [-0.2, -0.15) is 0 Å². The van der Waals surface area contributed by atoms with E-state index in [2.05, 4.69) is 20.8 Å². The number of hydrogen-bond donors (Lipinski definition) is 0. The van der Waals surface area contributed by atoms with E-state index in [-0.39, 0.29) is 12.1 Å². The molecule has 0 spiro atoms. The van der Waals surface area contributed by atoms with E-state index < -0.39 is 5.60 Å². The third kappa shape index (κ3) is 3.98. The normalized spacial score (nSPS) is 17.4. The zero-order chi connectivity index (χ0) is 17.4. The predicted molar refractivity (Wildman–Crippen MR) is 93.8 cm³/mol. The van der Waals surface area contributed by atoms with Crippen LogP contribution in [0, 0.1) is 0 Å². The molecule has 1 aromatic rings. The molecular formula is C17H25BrN2O3. The molecule has 128 valence electrons. The Hall–Kier alpha value is -1.27. The van der Waals surface area contributed by atoms with Crippen LogP contribution in [0.5, 0.6) is 5.75 Å². The Bertz CT molecular complexity index is 596. The summed E-state index contributed by atoms with van der Waals surface area (Å²) >= 11 is 3.61. The Morgan fingerprint density at radius 2 is 2.04 bits per heavy atom. The van der Waals surface area contributed by atoms with Gasteiger partial charge in [-0.05, 0) is 68.0 Å². The zero-order valence-electron chi connectivity index (χ0n) is 14.6.